The number of hydrogen-bond donors (Lipinski definition) is 1. The average Bonchev–Trinajstić information content (AvgIpc) is 2.29. The summed E-state index contributed by atoms with van der Waals surface area (Å²) in [4.78, 5) is 1.31. The molecule has 15 heavy (non-hydrogen) atoms. The van der Waals surface area contributed by atoms with Crippen LogP contribution in [0.2, 0.25) is 0 Å². The molecule has 0 fully saturated rings. The van der Waals surface area contributed by atoms with Gasteiger partial charge < -0.3 is 5.73 Å². The van der Waals surface area contributed by atoms with Crippen LogP contribution in [0.15, 0.2) is 29.2 Å². The molecule has 0 aliphatic carbocycles. The number of benzene rings is 1. The van der Waals surface area contributed by atoms with Gasteiger partial charge in [0.05, 0.1) is 0 Å². The molecule has 1 aromatic carbocycles. The van der Waals surface area contributed by atoms with E-state index in [0.717, 1.165) is 6.42 Å². The van der Waals surface area contributed by atoms with Gasteiger partial charge >= 0.3 is 0 Å². The topological polar surface area (TPSA) is 26.0 Å². The van der Waals surface area contributed by atoms with Gasteiger partial charge in [-0.3, -0.25) is 0 Å². The van der Waals surface area contributed by atoms with Crippen molar-refractivity contribution in [1.82, 2.24) is 0 Å². The Kier molecular flexibility index (Phi) is 5.81. The highest BCUT2D eigenvalue weighted by molar-refractivity contribution is 7.98. The molecule has 1 aromatic rings. The van der Waals surface area contributed by atoms with Crippen molar-refractivity contribution < 1.29 is 0 Å². The molecule has 0 aromatic heterocycles. The molecule has 0 spiro atoms. The van der Waals surface area contributed by atoms with Crippen molar-refractivity contribution in [2.45, 2.75) is 43.5 Å². The van der Waals surface area contributed by atoms with Crippen molar-refractivity contribution >= 4 is 11.8 Å². The number of thioether (sulfide) groups is 1. The summed E-state index contributed by atoms with van der Waals surface area (Å²) in [7, 11) is 0. The van der Waals surface area contributed by atoms with Gasteiger partial charge in [0, 0.05) is 10.9 Å². The summed E-state index contributed by atoms with van der Waals surface area (Å²) in [6.07, 6.45) is 6.99. The molecule has 1 atom stereocenters. The lowest BCUT2D eigenvalue weighted by molar-refractivity contribution is 0.581. The van der Waals surface area contributed by atoms with Crippen LogP contribution in [0.25, 0.3) is 0 Å². The number of rotatable bonds is 6. The second-order valence-corrected chi connectivity index (χ2v) is 4.76. The summed E-state index contributed by atoms with van der Waals surface area (Å²) in [5.41, 5.74) is 7.39. The van der Waals surface area contributed by atoms with Crippen LogP contribution in [-0.4, -0.2) is 6.26 Å². The molecule has 1 rings (SSSR count). The first-order valence-electron chi connectivity index (χ1n) is 5.67. The van der Waals surface area contributed by atoms with Gasteiger partial charge in [-0.15, -0.1) is 11.8 Å². The van der Waals surface area contributed by atoms with Crippen LogP contribution in [0.4, 0.5) is 0 Å². The Balaban J connectivity index is 2.46. The number of unbranched alkanes of at least 4 members (excludes halogenated alkanes) is 2. The van der Waals surface area contributed by atoms with Crippen LogP contribution in [-0.2, 0) is 0 Å². The largest absolute Gasteiger partial charge is 0.324 e. The molecule has 0 unspecified atom stereocenters. The quantitative estimate of drug-likeness (QED) is 0.583. The van der Waals surface area contributed by atoms with Crippen LogP contribution in [0, 0.1) is 0 Å². The number of nitrogens with two attached hydrogens (primary N) is 1. The molecule has 0 bridgehead atoms. The Bertz CT molecular complexity index is 268. The first-order chi connectivity index (χ1) is 7.27. The molecule has 84 valence electrons. The highest BCUT2D eigenvalue weighted by Gasteiger charge is 2.04. The first kappa shape index (κ1) is 12.6. The molecule has 0 aliphatic rings. The lowest BCUT2D eigenvalue weighted by Gasteiger charge is -2.11. The van der Waals surface area contributed by atoms with Crippen LogP contribution < -0.4 is 5.73 Å². The molecular formula is C13H21NS. The molecule has 2 heteroatoms. The predicted octanol–water partition coefficient (Wildman–Crippen LogP) is 3.99. The highest BCUT2D eigenvalue weighted by Crippen LogP contribution is 2.21. The zero-order chi connectivity index (χ0) is 11.1. The first-order valence-corrected chi connectivity index (χ1v) is 6.90. The van der Waals surface area contributed by atoms with E-state index in [1.165, 1.54) is 29.7 Å². The normalized spacial score (nSPS) is 12.7. The van der Waals surface area contributed by atoms with E-state index in [9.17, 15) is 0 Å². The van der Waals surface area contributed by atoms with Gasteiger partial charge in [-0.25, -0.2) is 0 Å². The maximum atomic E-state index is 6.12. The molecule has 0 radical (unpaired) electrons. The summed E-state index contributed by atoms with van der Waals surface area (Å²) >= 11 is 1.77. The SMILES string of the molecule is CCCCC[C@H](N)c1ccc(SC)cc1. The van der Waals surface area contributed by atoms with Gasteiger partial charge in [0.25, 0.3) is 0 Å². The third-order valence-corrected chi connectivity index (χ3v) is 3.41. The summed E-state index contributed by atoms with van der Waals surface area (Å²) in [6, 6.07) is 8.83. The minimum atomic E-state index is 0.215. The van der Waals surface area contributed by atoms with E-state index in [0.29, 0.717) is 0 Å². The Labute approximate surface area is 97.4 Å². The fourth-order valence-electron chi connectivity index (χ4n) is 1.63. The second-order valence-electron chi connectivity index (χ2n) is 3.88. The summed E-state index contributed by atoms with van der Waals surface area (Å²) < 4.78 is 0. The van der Waals surface area contributed by atoms with E-state index in [4.69, 9.17) is 5.73 Å². The van der Waals surface area contributed by atoms with Crippen molar-refractivity contribution in [3.05, 3.63) is 29.8 Å². The standard InChI is InChI=1S/C13H21NS/c1-3-4-5-6-13(14)11-7-9-12(15-2)10-8-11/h7-10,13H,3-6,14H2,1-2H3/t13-/m0/s1. The van der Waals surface area contributed by atoms with E-state index in [-0.39, 0.29) is 6.04 Å². The Morgan fingerprint density at radius 1 is 1.20 bits per heavy atom. The molecular weight excluding hydrogens is 202 g/mol. The van der Waals surface area contributed by atoms with Crippen molar-refractivity contribution in [3.63, 3.8) is 0 Å². The van der Waals surface area contributed by atoms with E-state index in [1.807, 2.05) is 0 Å². The van der Waals surface area contributed by atoms with Gasteiger partial charge in [-0.05, 0) is 30.4 Å². The van der Waals surface area contributed by atoms with Crippen molar-refractivity contribution in [1.29, 1.82) is 0 Å². The van der Waals surface area contributed by atoms with Crippen LogP contribution in [0.3, 0.4) is 0 Å². The highest BCUT2D eigenvalue weighted by atomic mass is 32.2. The van der Waals surface area contributed by atoms with Gasteiger partial charge in [0.15, 0.2) is 0 Å². The molecule has 2 N–H and O–H groups in total. The summed E-state index contributed by atoms with van der Waals surface area (Å²) in [6.45, 7) is 2.22. The predicted molar refractivity (Wildman–Crippen MR) is 69.3 cm³/mol. The van der Waals surface area contributed by atoms with Gasteiger partial charge in [0.1, 0.15) is 0 Å². The molecule has 0 saturated carbocycles. The number of hydrogen-bond acceptors (Lipinski definition) is 2. The lowest BCUT2D eigenvalue weighted by atomic mass is 10.0. The van der Waals surface area contributed by atoms with Gasteiger partial charge in [0.2, 0.25) is 0 Å². The molecule has 1 nitrogen and oxygen atoms in total. The zero-order valence-corrected chi connectivity index (χ0v) is 10.5. The van der Waals surface area contributed by atoms with Crippen LogP contribution >= 0.6 is 11.8 Å². The van der Waals surface area contributed by atoms with Crippen molar-refractivity contribution in [3.8, 4) is 0 Å². The monoisotopic (exact) mass is 223 g/mol. The third kappa shape index (κ3) is 4.27. The fraction of sp³-hybridized carbons (Fsp3) is 0.538. The Hall–Kier alpha value is -0.470. The third-order valence-electron chi connectivity index (χ3n) is 2.66. The van der Waals surface area contributed by atoms with Crippen LogP contribution in [0.5, 0.6) is 0 Å². The minimum Gasteiger partial charge on any atom is -0.324 e. The van der Waals surface area contributed by atoms with E-state index >= 15 is 0 Å². The van der Waals surface area contributed by atoms with Gasteiger partial charge in [-0.2, -0.15) is 0 Å². The van der Waals surface area contributed by atoms with Crippen molar-refractivity contribution in [2.75, 3.05) is 6.26 Å². The van der Waals surface area contributed by atoms with E-state index in [1.54, 1.807) is 11.8 Å². The molecule has 0 saturated heterocycles. The van der Waals surface area contributed by atoms with Crippen LogP contribution in [0.1, 0.15) is 44.2 Å². The minimum absolute atomic E-state index is 0.215. The molecule has 0 heterocycles. The Morgan fingerprint density at radius 2 is 1.87 bits per heavy atom. The van der Waals surface area contributed by atoms with E-state index in [2.05, 4.69) is 37.4 Å². The molecule has 0 aliphatic heterocycles. The average molecular weight is 223 g/mol. The zero-order valence-electron chi connectivity index (χ0n) is 9.70. The fourth-order valence-corrected chi connectivity index (χ4v) is 2.04. The van der Waals surface area contributed by atoms with E-state index < -0.39 is 0 Å². The maximum Gasteiger partial charge on any atom is 0.0294 e. The van der Waals surface area contributed by atoms with Gasteiger partial charge in [-0.1, -0.05) is 38.3 Å². The maximum absolute atomic E-state index is 6.12. The smallest absolute Gasteiger partial charge is 0.0294 e. The Morgan fingerprint density at radius 3 is 2.40 bits per heavy atom. The van der Waals surface area contributed by atoms with Crippen molar-refractivity contribution in [2.24, 2.45) is 5.73 Å². The summed E-state index contributed by atoms with van der Waals surface area (Å²) in [5.74, 6) is 0. The second kappa shape index (κ2) is 6.91. The summed E-state index contributed by atoms with van der Waals surface area (Å²) in [5, 5.41) is 0. The molecule has 0 amide bonds. The lowest BCUT2D eigenvalue weighted by Crippen LogP contribution is -2.09.